The van der Waals surface area contributed by atoms with Crippen molar-refractivity contribution in [2.45, 2.75) is 48.3 Å². The van der Waals surface area contributed by atoms with Gasteiger partial charge in [0.2, 0.25) is 5.95 Å². The van der Waals surface area contributed by atoms with E-state index >= 15 is 0 Å². The van der Waals surface area contributed by atoms with E-state index in [-0.39, 0.29) is 37.0 Å². The molecule has 0 fully saturated rings. The third kappa shape index (κ3) is 6.68. The quantitative estimate of drug-likeness (QED) is 0.739. The summed E-state index contributed by atoms with van der Waals surface area (Å²) in [5.74, 6) is 0.0291. The number of nitrogen functional groups attached to an aromatic ring is 1. The molecule has 0 radical (unpaired) electrons. The summed E-state index contributed by atoms with van der Waals surface area (Å²) in [5, 5.41) is 8.56. The first-order chi connectivity index (χ1) is 10.7. The van der Waals surface area contributed by atoms with Gasteiger partial charge in [-0.3, -0.25) is 14.3 Å². The Morgan fingerprint density at radius 3 is 2.41 bits per heavy atom. The van der Waals surface area contributed by atoms with Crippen LogP contribution in [-0.4, -0.2) is 37.8 Å². The summed E-state index contributed by atoms with van der Waals surface area (Å²) < 4.78 is 6.63. The zero-order chi connectivity index (χ0) is 17.5. The Balaban J connectivity index is 0. The predicted octanol–water partition coefficient (Wildman–Crippen LogP) is 1.75. The molecule has 0 aliphatic heterocycles. The Morgan fingerprint density at radius 2 is 1.86 bits per heavy atom. The zero-order valence-corrected chi connectivity index (χ0v) is 14.4. The molecule has 4 N–H and O–H groups in total. The van der Waals surface area contributed by atoms with Crippen LogP contribution in [0.15, 0.2) is 11.1 Å². The van der Waals surface area contributed by atoms with Gasteiger partial charge < -0.3 is 15.6 Å². The number of fused-ring (bicyclic) bond motifs is 1. The van der Waals surface area contributed by atoms with Gasteiger partial charge in [-0.2, -0.15) is 4.98 Å². The number of rotatable bonds is 4. The summed E-state index contributed by atoms with van der Waals surface area (Å²) in [6, 6.07) is 0. The van der Waals surface area contributed by atoms with Gasteiger partial charge in [0, 0.05) is 0 Å². The molecular weight excluding hydrogens is 286 g/mol. The first kappa shape index (κ1) is 22.4. The maximum absolute atomic E-state index is 11.4. The van der Waals surface area contributed by atoms with Crippen LogP contribution in [0.1, 0.15) is 41.5 Å². The van der Waals surface area contributed by atoms with Gasteiger partial charge in [-0.25, -0.2) is 4.98 Å². The highest BCUT2D eigenvalue weighted by atomic mass is 16.5. The third-order valence-electron chi connectivity index (χ3n) is 1.96. The minimum absolute atomic E-state index is 0.0291. The number of nitrogens with two attached hydrogens (primary N) is 1. The zero-order valence-electron chi connectivity index (χ0n) is 14.4. The molecule has 0 bridgehead atoms. The van der Waals surface area contributed by atoms with Gasteiger partial charge in [0.1, 0.15) is 6.73 Å². The van der Waals surface area contributed by atoms with Gasteiger partial charge in [0.15, 0.2) is 11.2 Å². The van der Waals surface area contributed by atoms with Crippen LogP contribution in [0.25, 0.3) is 11.2 Å². The van der Waals surface area contributed by atoms with Crippen molar-refractivity contribution in [3.8, 4) is 0 Å². The van der Waals surface area contributed by atoms with Gasteiger partial charge in [-0.05, 0) is 0 Å². The summed E-state index contributed by atoms with van der Waals surface area (Å²) in [7, 11) is 0. The Bertz CT molecular complexity index is 551. The van der Waals surface area contributed by atoms with E-state index in [1.807, 2.05) is 41.5 Å². The SMILES string of the molecule is CC.CC.CC.Nc1nc2c(ncn2COCCO)c(=O)[nH]1. The number of H-pyrrole nitrogens is 1. The molecule has 0 saturated heterocycles. The van der Waals surface area contributed by atoms with Gasteiger partial charge in [0.25, 0.3) is 5.56 Å². The maximum Gasteiger partial charge on any atom is 0.280 e. The molecule has 128 valence electrons. The molecule has 0 atom stereocenters. The van der Waals surface area contributed by atoms with Crippen LogP contribution >= 0.6 is 0 Å². The lowest BCUT2D eigenvalue weighted by Gasteiger charge is -2.03. The molecular formula is C14H29N5O3. The third-order valence-corrected chi connectivity index (χ3v) is 1.96. The van der Waals surface area contributed by atoms with Crippen LogP contribution < -0.4 is 11.3 Å². The lowest BCUT2D eigenvalue weighted by molar-refractivity contribution is 0.0499. The van der Waals surface area contributed by atoms with Gasteiger partial charge in [-0.15, -0.1) is 0 Å². The number of nitrogens with zero attached hydrogens (tertiary/aromatic N) is 3. The minimum atomic E-state index is -0.386. The van der Waals surface area contributed by atoms with E-state index in [1.165, 1.54) is 10.9 Å². The average Bonchev–Trinajstić information content (AvgIpc) is 2.97. The molecule has 2 aromatic heterocycles. The monoisotopic (exact) mass is 315 g/mol. The lowest BCUT2D eigenvalue weighted by Crippen LogP contribution is -2.13. The number of aromatic nitrogens is 4. The van der Waals surface area contributed by atoms with E-state index in [2.05, 4.69) is 15.0 Å². The fourth-order valence-electron chi connectivity index (χ4n) is 1.29. The van der Waals surface area contributed by atoms with Crippen LogP contribution in [0, 0.1) is 0 Å². The van der Waals surface area contributed by atoms with Crippen LogP contribution in [0.5, 0.6) is 0 Å². The predicted molar refractivity (Wildman–Crippen MR) is 89.6 cm³/mol. The second-order valence-corrected chi connectivity index (χ2v) is 3.10. The normalized spacial score (nSPS) is 8.86. The molecule has 0 aliphatic carbocycles. The number of nitrogens with one attached hydrogen (secondary N) is 1. The van der Waals surface area contributed by atoms with Gasteiger partial charge in [-0.1, -0.05) is 41.5 Å². The summed E-state index contributed by atoms with van der Waals surface area (Å²) in [6.45, 7) is 12.3. The highest BCUT2D eigenvalue weighted by Gasteiger charge is 2.08. The van der Waals surface area contributed by atoms with E-state index in [1.54, 1.807) is 0 Å². The van der Waals surface area contributed by atoms with Crippen molar-refractivity contribution in [2.24, 2.45) is 0 Å². The maximum atomic E-state index is 11.4. The molecule has 2 heterocycles. The average molecular weight is 315 g/mol. The first-order valence-electron chi connectivity index (χ1n) is 7.61. The Hall–Kier alpha value is -1.93. The highest BCUT2D eigenvalue weighted by Crippen LogP contribution is 2.05. The number of anilines is 1. The van der Waals surface area contributed by atoms with Crippen molar-refractivity contribution >= 4 is 17.1 Å². The smallest absolute Gasteiger partial charge is 0.280 e. The number of aliphatic hydroxyl groups is 1. The summed E-state index contributed by atoms with van der Waals surface area (Å²) in [5.41, 5.74) is 5.60. The number of aromatic amines is 1. The van der Waals surface area contributed by atoms with E-state index in [0.717, 1.165) is 0 Å². The number of imidazole rings is 1. The van der Waals surface area contributed by atoms with E-state index < -0.39 is 0 Å². The Labute approximate surface area is 131 Å². The number of ether oxygens (including phenoxy) is 1. The molecule has 2 aromatic rings. The van der Waals surface area contributed by atoms with Crippen molar-refractivity contribution < 1.29 is 9.84 Å². The van der Waals surface area contributed by atoms with Crippen molar-refractivity contribution in [1.82, 2.24) is 19.5 Å². The van der Waals surface area contributed by atoms with Crippen LogP contribution in [0.3, 0.4) is 0 Å². The number of hydrogen-bond acceptors (Lipinski definition) is 6. The molecule has 0 aliphatic rings. The second-order valence-electron chi connectivity index (χ2n) is 3.10. The molecule has 0 spiro atoms. The first-order valence-corrected chi connectivity index (χ1v) is 7.61. The topological polar surface area (TPSA) is 119 Å². The highest BCUT2D eigenvalue weighted by molar-refractivity contribution is 5.70. The molecule has 0 amide bonds. The largest absolute Gasteiger partial charge is 0.394 e. The molecule has 8 heteroatoms. The lowest BCUT2D eigenvalue weighted by atomic mass is 10.5. The van der Waals surface area contributed by atoms with Crippen LogP contribution in [0.2, 0.25) is 0 Å². The van der Waals surface area contributed by atoms with Crippen molar-refractivity contribution in [1.29, 1.82) is 0 Å². The molecule has 8 nitrogen and oxygen atoms in total. The summed E-state index contributed by atoms with van der Waals surface area (Å²) in [4.78, 5) is 21.6. The standard InChI is InChI=1S/C8H11N5O3.3C2H6/c9-8-11-6-5(7(15)12-8)10-3-13(6)4-16-2-1-14;3*1-2/h3,14H,1-2,4H2,(H3,9,11,12,15);3*1-2H3. The van der Waals surface area contributed by atoms with Crippen molar-refractivity contribution in [3.05, 3.63) is 16.7 Å². The molecule has 0 unspecified atom stereocenters. The second kappa shape index (κ2) is 14.0. The minimum Gasteiger partial charge on any atom is -0.394 e. The van der Waals surface area contributed by atoms with Gasteiger partial charge >= 0.3 is 0 Å². The van der Waals surface area contributed by atoms with Crippen molar-refractivity contribution in [2.75, 3.05) is 18.9 Å². The molecule has 2 rings (SSSR count). The van der Waals surface area contributed by atoms with E-state index in [9.17, 15) is 4.79 Å². The van der Waals surface area contributed by atoms with E-state index in [4.69, 9.17) is 15.6 Å². The van der Waals surface area contributed by atoms with Crippen LogP contribution in [0.4, 0.5) is 5.95 Å². The summed E-state index contributed by atoms with van der Waals surface area (Å²) >= 11 is 0. The van der Waals surface area contributed by atoms with Crippen LogP contribution in [-0.2, 0) is 11.5 Å². The number of aliphatic hydroxyl groups excluding tert-OH is 1. The molecule has 22 heavy (non-hydrogen) atoms. The summed E-state index contributed by atoms with van der Waals surface area (Å²) in [6.07, 6.45) is 1.43. The van der Waals surface area contributed by atoms with Gasteiger partial charge in [0.05, 0.1) is 19.5 Å². The fourth-order valence-corrected chi connectivity index (χ4v) is 1.29. The Morgan fingerprint density at radius 1 is 1.27 bits per heavy atom. The fraction of sp³-hybridized carbons (Fsp3) is 0.643. The molecule has 0 saturated carbocycles. The Kier molecular flexibility index (Phi) is 14.3. The molecule has 0 aromatic carbocycles. The van der Waals surface area contributed by atoms with Crippen molar-refractivity contribution in [3.63, 3.8) is 0 Å². The van der Waals surface area contributed by atoms with E-state index in [0.29, 0.717) is 5.65 Å². The number of hydrogen-bond donors (Lipinski definition) is 3.